The van der Waals surface area contributed by atoms with E-state index in [2.05, 4.69) is 0 Å². The van der Waals surface area contributed by atoms with Crippen molar-refractivity contribution >= 4 is 12.0 Å². The van der Waals surface area contributed by atoms with Gasteiger partial charge in [0.2, 0.25) is 0 Å². The van der Waals surface area contributed by atoms with Crippen molar-refractivity contribution in [2.45, 2.75) is 0 Å². The summed E-state index contributed by atoms with van der Waals surface area (Å²) in [7, 11) is 0. The number of carboxylic acids is 1. The Kier molecular flexibility index (Phi) is 1.89. The van der Waals surface area contributed by atoms with Gasteiger partial charge in [-0.2, -0.15) is 0 Å². The highest BCUT2D eigenvalue weighted by Crippen LogP contribution is 2.01. The van der Waals surface area contributed by atoms with Crippen LogP contribution < -0.4 is 0 Å². The third-order valence-electron chi connectivity index (χ3n) is 0.933. The standard InChI is InChI=1S/C7H6O3/c8-7(9)4-3-6-2-1-5-10-6/h1-5H,(H,8,9)/b4-3-. The van der Waals surface area contributed by atoms with Gasteiger partial charge in [-0.25, -0.2) is 4.79 Å². The fraction of sp³-hybridized carbons (Fsp3) is 0. The van der Waals surface area contributed by atoms with Crippen LogP contribution in [0.15, 0.2) is 28.9 Å². The molecular weight excluding hydrogens is 132 g/mol. The predicted octanol–water partition coefficient (Wildman–Crippen LogP) is 1.38. The predicted molar refractivity (Wildman–Crippen MR) is 35.4 cm³/mol. The fourth-order valence-corrected chi connectivity index (χ4v) is 0.540. The number of carboxylic acid groups (broad SMARTS) is 1. The first-order chi connectivity index (χ1) is 4.79. The van der Waals surface area contributed by atoms with Crippen molar-refractivity contribution in [3.63, 3.8) is 0 Å². The van der Waals surface area contributed by atoms with Gasteiger partial charge in [0.05, 0.1) is 6.26 Å². The molecule has 0 saturated heterocycles. The minimum absolute atomic E-state index is 0.544. The van der Waals surface area contributed by atoms with Gasteiger partial charge < -0.3 is 9.52 Å². The van der Waals surface area contributed by atoms with E-state index >= 15 is 0 Å². The summed E-state index contributed by atoms with van der Waals surface area (Å²) in [6.07, 6.45) is 3.91. The summed E-state index contributed by atoms with van der Waals surface area (Å²) in [5.41, 5.74) is 0. The molecule has 0 amide bonds. The lowest BCUT2D eigenvalue weighted by molar-refractivity contribution is -0.131. The van der Waals surface area contributed by atoms with Crippen LogP contribution in [-0.2, 0) is 4.79 Å². The van der Waals surface area contributed by atoms with Crippen molar-refractivity contribution in [3.05, 3.63) is 30.2 Å². The topological polar surface area (TPSA) is 50.4 Å². The van der Waals surface area contributed by atoms with Gasteiger partial charge in [0.1, 0.15) is 5.76 Å². The number of rotatable bonds is 2. The van der Waals surface area contributed by atoms with E-state index in [-0.39, 0.29) is 0 Å². The average Bonchev–Trinajstić information content (AvgIpc) is 2.34. The van der Waals surface area contributed by atoms with Gasteiger partial charge in [-0.3, -0.25) is 0 Å². The van der Waals surface area contributed by atoms with Crippen molar-refractivity contribution in [1.82, 2.24) is 0 Å². The third-order valence-corrected chi connectivity index (χ3v) is 0.933. The van der Waals surface area contributed by atoms with Crippen LogP contribution >= 0.6 is 0 Å². The van der Waals surface area contributed by atoms with E-state index in [9.17, 15) is 4.79 Å². The molecular formula is C7H6O3. The lowest BCUT2D eigenvalue weighted by Gasteiger charge is -1.79. The summed E-state index contributed by atoms with van der Waals surface area (Å²) in [5.74, 6) is -0.432. The average molecular weight is 138 g/mol. The van der Waals surface area contributed by atoms with Crippen molar-refractivity contribution in [2.24, 2.45) is 0 Å². The molecule has 1 aromatic rings. The quantitative estimate of drug-likeness (QED) is 0.628. The summed E-state index contributed by atoms with van der Waals surface area (Å²) >= 11 is 0. The van der Waals surface area contributed by atoms with Crippen LogP contribution in [-0.4, -0.2) is 11.1 Å². The monoisotopic (exact) mass is 138 g/mol. The van der Waals surface area contributed by atoms with Crippen LogP contribution in [0.4, 0.5) is 0 Å². The number of hydrogen-bond donors (Lipinski definition) is 1. The molecule has 0 radical (unpaired) electrons. The first-order valence-corrected chi connectivity index (χ1v) is 2.73. The van der Waals surface area contributed by atoms with Crippen LogP contribution in [0.3, 0.4) is 0 Å². The van der Waals surface area contributed by atoms with E-state index in [1.54, 1.807) is 12.1 Å². The zero-order valence-electron chi connectivity index (χ0n) is 5.15. The molecule has 0 atom stereocenters. The van der Waals surface area contributed by atoms with Gasteiger partial charge in [0.25, 0.3) is 0 Å². The van der Waals surface area contributed by atoms with E-state index in [4.69, 9.17) is 9.52 Å². The van der Waals surface area contributed by atoms with E-state index in [1.807, 2.05) is 0 Å². The maximum absolute atomic E-state index is 9.97. The number of furan rings is 1. The number of hydrogen-bond acceptors (Lipinski definition) is 2. The second-order valence-electron chi connectivity index (χ2n) is 1.69. The summed E-state index contributed by atoms with van der Waals surface area (Å²) in [4.78, 5) is 9.97. The summed E-state index contributed by atoms with van der Waals surface area (Å²) in [5, 5.41) is 8.18. The van der Waals surface area contributed by atoms with Crippen LogP contribution in [0.2, 0.25) is 0 Å². The molecule has 1 heterocycles. The molecule has 0 aliphatic rings. The van der Waals surface area contributed by atoms with Gasteiger partial charge in [0.15, 0.2) is 0 Å². The lowest BCUT2D eigenvalue weighted by Crippen LogP contribution is -1.84. The first-order valence-electron chi connectivity index (χ1n) is 2.73. The van der Waals surface area contributed by atoms with Crippen LogP contribution in [0.5, 0.6) is 0 Å². The van der Waals surface area contributed by atoms with E-state index in [1.165, 1.54) is 12.3 Å². The highest BCUT2D eigenvalue weighted by molar-refractivity contribution is 5.84. The molecule has 3 heteroatoms. The fourth-order valence-electron chi connectivity index (χ4n) is 0.540. The van der Waals surface area contributed by atoms with Gasteiger partial charge in [-0.1, -0.05) is 0 Å². The minimum Gasteiger partial charge on any atom is -0.478 e. The smallest absolute Gasteiger partial charge is 0.328 e. The van der Waals surface area contributed by atoms with Crippen LogP contribution in [0.25, 0.3) is 6.08 Å². The molecule has 52 valence electrons. The Bertz CT molecular complexity index is 233. The van der Waals surface area contributed by atoms with Gasteiger partial charge in [0, 0.05) is 6.08 Å². The Hall–Kier alpha value is -1.51. The van der Waals surface area contributed by atoms with E-state index in [0.29, 0.717) is 5.76 Å². The Morgan fingerprint density at radius 3 is 3.00 bits per heavy atom. The Morgan fingerprint density at radius 2 is 2.50 bits per heavy atom. The second-order valence-corrected chi connectivity index (χ2v) is 1.69. The SMILES string of the molecule is O=C(O)/C=C\c1ccco1. The van der Waals surface area contributed by atoms with Gasteiger partial charge in [-0.15, -0.1) is 0 Å². The van der Waals surface area contributed by atoms with Gasteiger partial charge >= 0.3 is 5.97 Å². The van der Waals surface area contributed by atoms with Crippen molar-refractivity contribution in [3.8, 4) is 0 Å². The van der Waals surface area contributed by atoms with E-state index in [0.717, 1.165) is 6.08 Å². The molecule has 0 bridgehead atoms. The highest BCUT2D eigenvalue weighted by Gasteiger charge is 1.88. The molecule has 1 N–H and O–H groups in total. The summed E-state index contributed by atoms with van der Waals surface area (Å²) < 4.78 is 4.83. The van der Waals surface area contributed by atoms with Crippen LogP contribution in [0.1, 0.15) is 5.76 Å². The van der Waals surface area contributed by atoms with Crippen molar-refractivity contribution < 1.29 is 14.3 Å². The minimum atomic E-state index is -0.976. The Labute approximate surface area is 57.6 Å². The van der Waals surface area contributed by atoms with Crippen molar-refractivity contribution in [2.75, 3.05) is 0 Å². The largest absolute Gasteiger partial charge is 0.478 e. The summed E-state index contributed by atoms with van der Waals surface area (Å²) in [6.45, 7) is 0. The highest BCUT2D eigenvalue weighted by atomic mass is 16.4. The molecule has 0 aliphatic heterocycles. The normalized spacial score (nSPS) is 10.4. The zero-order valence-corrected chi connectivity index (χ0v) is 5.15. The number of carbonyl (C=O) groups is 1. The second kappa shape index (κ2) is 2.87. The molecule has 3 nitrogen and oxygen atoms in total. The van der Waals surface area contributed by atoms with Crippen LogP contribution in [0, 0.1) is 0 Å². The maximum Gasteiger partial charge on any atom is 0.328 e. The molecule has 1 rings (SSSR count). The Morgan fingerprint density at radius 1 is 1.70 bits per heavy atom. The Balaban J connectivity index is 2.64. The first kappa shape index (κ1) is 6.61. The van der Waals surface area contributed by atoms with E-state index < -0.39 is 5.97 Å². The molecule has 0 fully saturated rings. The molecule has 10 heavy (non-hydrogen) atoms. The molecule has 0 aliphatic carbocycles. The molecule has 0 saturated carbocycles. The molecule has 1 aromatic heterocycles. The molecule has 0 unspecified atom stereocenters. The third kappa shape index (κ3) is 1.78. The zero-order chi connectivity index (χ0) is 7.40. The maximum atomic E-state index is 9.97. The molecule has 0 spiro atoms. The number of aliphatic carboxylic acids is 1. The van der Waals surface area contributed by atoms with Gasteiger partial charge in [-0.05, 0) is 18.2 Å². The van der Waals surface area contributed by atoms with Crippen molar-refractivity contribution in [1.29, 1.82) is 0 Å². The lowest BCUT2D eigenvalue weighted by atomic mass is 10.4. The summed E-state index contributed by atoms with van der Waals surface area (Å²) in [6, 6.07) is 3.38. The molecule has 0 aromatic carbocycles.